The Balaban J connectivity index is 1.80. The first kappa shape index (κ1) is 15.8. The molecular weight excluding hydrogens is 280 g/mol. The van der Waals surface area contributed by atoms with Gasteiger partial charge in [0, 0.05) is 6.42 Å². The summed E-state index contributed by atoms with van der Waals surface area (Å²) in [6.07, 6.45) is 0.389. The molecule has 0 aliphatic carbocycles. The molecule has 0 atom stereocenters. The highest BCUT2D eigenvalue weighted by atomic mass is 16.5. The largest absolute Gasteiger partial charge is 0.489 e. The van der Waals surface area contributed by atoms with Gasteiger partial charge in [0.05, 0.1) is 0 Å². The third-order valence-corrected chi connectivity index (χ3v) is 3.21. The SMILES string of the molecule is O=C(O)CC(=O)CCc1ccc(OCc2ccccc2)cc1. The van der Waals surface area contributed by atoms with Crippen LogP contribution in [0.1, 0.15) is 24.0 Å². The first-order chi connectivity index (χ1) is 10.6. The molecule has 1 N–H and O–H groups in total. The van der Waals surface area contributed by atoms with Crippen molar-refractivity contribution >= 4 is 11.8 Å². The molecule has 0 fully saturated rings. The third-order valence-electron chi connectivity index (χ3n) is 3.21. The van der Waals surface area contributed by atoms with Crippen molar-refractivity contribution in [1.82, 2.24) is 0 Å². The molecule has 0 bridgehead atoms. The normalized spacial score (nSPS) is 10.2. The van der Waals surface area contributed by atoms with Gasteiger partial charge in [0.15, 0.2) is 0 Å². The number of rotatable bonds is 8. The van der Waals surface area contributed by atoms with Crippen LogP contribution in [0.5, 0.6) is 5.75 Å². The molecule has 0 saturated heterocycles. The van der Waals surface area contributed by atoms with Crippen LogP contribution in [0.2, 0.25) is 0 Å². The van der Waals surface area contributed by atoms with Crippen LogP contribution in [0.15, 0.2) is 54.6 Å². The number of carbonyl (C=O) groups is 2. The second-order valence-electron chi connectivity index (χ2n) is 5.03. The molecule has 2 aromatic rings. The Hall–Kier alpha value is -2.62. The summed E-state index contributed by atoms with van der Waals surface area (Å²) in [5.74, 6) is -0.559. The zero-order valence-electron chi connectivity index (χ0n) is 12.2. The third kappa shape index (κ3) is 5.40. The van der Waals surface area contributed by atoms with E-state index in [1.54, 1.807) is 0 Å². The Kier molecular flexibility index (Phi) is 5.72. The summed E-state index contributed by atoms with van der Waals surface area (Å²) >= 11 is 0. The summed E-state index contributed by atoms with van der Waals surface area (Å²) in [6.45, 7) is 0.511. The number of hydrogen-bond donors (Lipinski definition) is 1. The first-order valence-corrected chi connectivity index (χ1v) is 7.12. The highest BCUT2D eigenvalue weighted by Gasteiger charge is 2.07. The smallest absolute Gasteiger partial charge is 0.310 e. The number of aryl methyl sites for hydroxylation is 1. The van der Waals surface area contributed by atoms with Gasteiger partial charge < -0.3 is 9.84 Å². The lowest BCUT2D eigenvalue weighted by Crippen LogP contribution is -2.07. The Morgan fingerprint density at radius 2 is 1.59 bits per heavy atom. The van der Waals surface area contributed by atoms with Gasteiger partial charge in [0.1, 0.15) is 24.6 Å². The highest BCUT2D eigenvalue weighted by molar-refractivity contribution is 5.94. The average molecular weight is 298 g/mol. The predicted molar refractivity (Wildman–Crippen MR) is 82.8 cm³/mol. The summed E-state index contributed by atoms with van der Waals surface area (Å²) in [4.78, 5) is 21.8. The first-order valence-electron chi connectivity index (χ1n) is 7.12. The van der Waals surface area contributed by atoms with E-state index in [1.165, 1.54) is 0 Å². The maximum Gasteiger partial charge on any atom is 0.310 e. The van der Waals surface area contributed by atoms with Gasteiger partial charge in [-0.25, -0.2) is 0 Å². The molecule has 0 aliphatic rings. The molecule has 0 spiro atoms. The lowest BCUT2D eigenvalue weighted by atomic mass is 10.1. The molecule has 0 heterocycles. The van der Waals surface area contributed by atoms with E-state index in [-0.39, 0.29) is 12.2 Å². The van der Waals surface area contributed by atoms with Crippen molar-refractivity contribution in [1.29, 1.82) is 0 Å². The fraction of sp³-hybridized carbons (Fsp3) is 0.222. The summed E-state index contributed by atoms with van der Waals surface area (Å²) in [5, 5.41) is 8.53. The fourth-order valence-corrected chi connectivity index (χ4v) is 2.03. The van der Waals surface area contributed by atoms with E-state index in [1.807, 2.05) is 54.6 Å². The van der Waals surface area contributed by atoms with Crippen LogP contribution in [0.4, 0.5) is 0 Å². The van der Waals surface area contributed by atoms with Crippen molar-refractivity contribution in [3.8, 4) is 5.75 Å². The van der Waals surface area contributed by atoms with E-state index in [9.17, 15) is 9.59 Å². The van der Waals surface area contributed by atoms with Crippen LogP contribution < -0.4 is 4.74 Å². The number of hydrogen-bond acceptors (Lipinski definition) is 3. The minimum atomic E-state index is -1.07. The summed E-state index contributed by atoms with van der Waals surface area (Å²) in [7, 11) is 0. The van der Waals surface area contributed by atoms with Crippen LogP contribution in [0.3, 0.4) is 0 Å². The molecule has 0 aromatic heterocycles. The predicted octanol–water partition coefficient (Wildman–Crippen LogP) is 3.24. The quantitative estimate of drug-likeness (QED) is 0.760. The molecule has 2 aromatic carbocycles. The molecule has 2 rings (SSSR count). The molecule has 114 valence electrons. The van der Waals surface area contributed by atoms with Gasteiger partial charge in [-0.1, -0.05) is 42.5 Å². The number of Topliss-reactive ketones (excluding diaryl/α,β-unsaturated/α-hetero) is 1. The Morgan fingerprint density at radius 3 is 2.23 bits per heavy atom. The van der Waals surface area contributed by atoms with Crippen LogP contribution in [-0.2, 0) is 22.6 Å². The number of benzene rings is 2. The van der Waals surface area contributed by atoms with Crippen molar-refractivity contribution in [2.45, 2.75) is 25.9 Å². The molecule has 0 unspecified atom stereocenters. The van der Waals surface area contributed by atoms with E-state index in [2.05, 4.69) is 0 Å². The molecule has 4 nitrogen and oxygen atoms in total. The summed E-state index contributed by atoms with van der Waals surface area (Å²) < 4.78 is 5.68. The summed E-state index contributed by atoms with van der Waals surface area (Å²) in [5.41, 5.74) is 2.09. The number of ketones is 1. The minimum absolute atomic E-state index is 0.247. The zero-order chi connectivity index (χ0) is 15.8. The van der Waals surface area contributed by atoms with Crippen LogP contribution >= 0.6 is 0 Å². The second kappa shape index (κ2) is 7.98. The minimum Gasteiger partial charge on any atom is -0.489 e. The van der Waals surface area contributed by atoms with Gasteiger partial charge >= 0.3 is 5.97 Å². The van der Waals surface area contributed by atoms with Crippen molar-refractivity contribution in [3.05, 3.63) is 65.7 Å². The van der Waals surface area contributed by atoms with Gasteiger partial charge in [-0.3, -0.25) is 9.59 Å². The number of carboxylic acid groups (broad SMARTS) is 1. The Morgan fingerprint density at radius 1 is 0.909 bits per heavy atom. The number of carbonyl (C=O) groups excluding carboxylic acids is 1. The van der Waals surface area contributed by atoms with Crippen LogP contribution in [0, 0.1) is 0 Å². The highest BCUT2D eigenvalue weighted by Crippen LogP contribution is 2.15. The molecule has 0 saturated carbocycles. The molecule has 0 aliphatic heterocycles. The Bertz CT molecular complexity index is 617. The molecule has 4 heteroatoms. The fourth-order valence-electron chi connectivity index (χ4n) is 2.03. The Labute approximate surface area is 129 Å². The topological polar surface area (TPSA) is 63.6 Å². The lowest BCUT2D eigenvalue weighted by molar-refractivity contribution is -0.140. The van der Waals surface area contributed by atoms with Gasteiger partial charge in [-0.15, -0.1) is 0 Å². The molecular formula is C18H18O4. The monoisotopic (exact) mass is 298 g/mol. The van der Waals surface area contributed by atoms with Gasteiger partial charge in [-0.05, 0) is 29.7 Å². The van der Waals surface area contributed by atoms with Gasteiger partial charge in [-0.2, -0.15) is 0 Å². The molecule has 0 radical (unpaired) electrons. The number of aliphatic carboxylic acids is 1. The number of ether oxygens (including phenoxy) is 1. The second-order valence-corrected chi connectivity index (χ2v) is 5.03. The van der Waals surface area contributed by atoms with Gasteiger partial charge in [0.25, 0.3) is 0 Å². The standard InChI is InChI=1S/C18H18O4/c19-16(12-18(20)21)9-6-14-7-10-17(11-8-14)22-13-15-4-2-1-3-5-15/h1-5,7-8,10-11H,6,9,12-13H2,(H,20,21). The average Bonchev–Trinajstić information content (AvgIpc) is 2.52. The van der Waals surface area contributed by atoms with Crippen LogP contribution in [0.25, 0.3) is 0 Å². The van der Waals surface area contributed by atoms with Gasteiger partial charge in [0.2, 0.25) is 0 Å². The van der Waals surface area contributed by atoms with E-state index in [4.69, 9.17) is 9.84 Å². The van der Waals surface area contributed by atoms with Crippen molar-refractivity contribution in [3.63, 3.8) is 0 Å². The summed E-state index contributed by atoms with van der Waals surface area (Å²) in [6, 6.07) is 17.4. The van der Waals surface area contributed by atoms with Crippen molar-refractivity contribution in [2.24, 2.45) is 0 Å². The zero-order valence-corrected chi connectivity index (χ0v) is 12.2. The maximum absolute atomic E-state index is 11.3. The van der Waals surface area contributed by atoms with E-state index >= 15 is 0 Å². The molecule has 0 amide bonds. The van der Waals surface area contributed by atoms with Crippen molar-refractivity contribution < 1.29 is 19.4 Å². The van der Waals surface area contributed by atoms with Crippen molar-refractivity contribution in [2.75, 3.05) is 0 Å². The van der Waals surface area contributed by atoms with E-state index in [0.29, 0.717) is 13.0 Å². The number of carboxylic acids is 1. The van der Waals surface area contributed by atoms with E-state index in [0.717, 1.165) is 16.9 Å². The van der Waals surface area contributed by atoms with Crippen LogP contribution in [-0.4, -0.2) is 16.9 Å². The lowest BCUT2D eigenvalue weighted by Gasteiger charge is -2.07. The maximum atomic E-state index is 11.3. The van der Waals surface area contributed by atoms with E-state index < -0.39 is 12.4 Å². The molecule has 22 heavy (non-hydrogen) atoms.